The van der Waals surface area contributed by atoms with Gasteiger partial charge in [-0.05, 0) is 38.4 Å². The first-order valence-electron chi connectivity index (χ1n) is 4.80. The molecule has 0 aliphatic rings. The molecule has 0 radical (unpaired) electrons. The average molecular weight is 197 g/mol. The highest BCUT2D eigenvalue weighted by atomic mass is 32.1. The van der Waals surface area contributed by atoms with Gasteiger partial charge in [-0.25, -0.2) is 0 Å². The lowest BCUT2D eigenvalue weighted by atomic mass is 10.0. The summed E-state index contributed by atoms with van der Waals surface area (Å²) in [6, 6.07) is 2.78. The van der Waals surface area contributed by atoms with E-state index in [1.807, 2.05) is 18.4 Å². The molecule has 2 heteroatoms. The number of nitrogens with one attached hydrogen (secondary N) is 1. The second-order valence-corrected chi connectivity index (χ2v) is 5.20. The molecule has 0 spiro atoms. The van der Waals surface area contributed by atoms with Gasteiger partial charge in [0.25, 0.3) is 0 Å². The van der Waals surface area contributed by atoms with Crippen LogP contribution in [-0.4, -0.2) is 7.05 Å². The molecule has 1 N–H and O–H groups in total. The SMILES string of the molecule is CNC(c1sc(C)cc1C)C(C)C. The van der Waals surface area contributed by atoms with E-state index in [-0.39, 0.29) is 0 Å². The largest absolute Gasteiger partial charge is 0.312 e. The molecule has 1 heterocycles. The molecule has 1 nitrogen and oxygen atoms in total. The third kappa shape index (κ3) is 2.32. The van der Waals surface area contributed by atoms with Crippen LogP contribution in [0.4, 0.5) is 0 Å². The molecular weight excluding hydrogens is 178 g/mol. The molecule has 1 aromatic rings. The van der Waals surface area contributed by atoms with Gasteiger partial charge in [-0.2, -0.15) is 0 Å². The molecule has 0 aliphatic carbocycles. The summed E-state index contributed by atoms with van der Waals surface area (Å²) in [5.41, 5.74) is 1.43. The Hall–Kier alpha value is -0.340. The third-order valence-corrected chi connectivity index (χ3v) is 3.58. The van der Waals surface area contributed by atoms with Gasteiger partial charge in [-0.15, -0.1) is 11.3 Å². The molecule has 1 aromatic heterocycles. The van der Waals surface area contributed by atoms with E-state index in [1.165, 1.54) is 15.3 Å². The smallest absolute Gasteiger partial charge is 0.0438 e. The van der Waals surface area contributed by atoms with Crippen molar-refractivity contribution in [2.24, 2.45) is 5.92 Å². The summed E-state index contributed by atoms with van der Waals surface area (Å²) < 4.78 is 0. The molecule has 0 saturated carbocycles. The molecule has 1 unspecified atom stereocenters. The van der Waals surface area contributed by atoms with Crippen molar-refractivity contribution in [3.8, 4) is 0 Å². The van der Waals surface area contributed by atoms with Gasteiger partial charge in [0.15, 0.2) is 0 Å². The Bertz CT molecular complexity index is 276. The van der Waals surface area contributed by atoms with Crippen molar-refractivity contribution in [1.82, 2.24) is 5.32 Å². The van der Waals surface area contributed by atoms with Gasteiger partial charge in [0.2, 0.25) is 0 Å². The van der Waals surface area contributed by atoms with Crippen molar-refractivity contribution in [2.75, 3.05) is 7.05 Å². The average Bonchev–Trinajstić information content (AvgIpc) is 2.31. The fourth-order valence-corrected chi connectivity index (χ4v) is 3.05. The molecule has 0 saturated heterocycles. The van der Waals surface area contributed by atoms with E-state index in [2.05, 4.69) is 39.1 Å². The van der Waals surface area contributed by atoms with E-state index in [0.29, 0.717) is 12.0 Å². The highest BCUT2D eigenvalue weighted by Gasteiger charge is 2.17. The Morgan fingerprint density at radius 2 is 1.92 bits per heavy atom. The minimum Gasteiger partial charge on any atom is -0.312 e. The van der Waals surface area contributed by atoms with Crippen LogP contribution in [0.1, 0.15) is 35.2 Å². The summed E-state index contributed by atoms with van der Waals surface area (Å²) in [6.07, 6.45) is 0. The highest BCUT2D eigenvalue weighted by molar-refractivity contribution is 7.12. The topological polar surface area (TPSA) is 12.0 Å². The van der Waals surface area contributed by atoms with Crippen molar-refractivity contribution in [2.45, 2.75) is 33.7 Å². The fourth-order valence-electron chi connectivity index (χ4n) is 1.74. The van der Waals surface area contributed by atoms with Crippen LogP contribution in [0.2, 0.25) is 0 Å². The van der Waals surface area contributed by atoms with E-state index in [0.717, 1.165) is 0 Å². The van der Waals surface area contributed by atoms with Crippen molar-refractivity contribution in [1.29, 1.82) is 0 Å². The molecule has 0 fully saturated rings. The summed E-state index contributed by atoms with van der Waals surface area (Å²) >= 11 is 1.91. The van der Waals surface area contributed by atoms with Crippen molar-refractivity contribution < 1.29 is 0 Å². The highest BCUT2D eigenvalue weighted by Crippen LogP contribution is 2.31. The van der Waals surface area contributed by atoms with E-state index < -0.39 is 0 Å². The minimum atomic E-state index is 0.513. The Balaban J connectivity index is 2.97. The molecule has 74 valence electrons. The van der Waals surface area contributed by atoms with Gasteiger partial charge < -0.3 is 5.32 Å². The van der Waals surface area contributed by atoms with Crippen molar-refractivity contribution >= 4 is 11.3 Å². The zero-order valence-electron chi connectivity index (χ0n) is 9.14. The molecule has 0 bridgehead atoms. The standard InChI is InChI=1S/C11H19NS/c1-7(2)10(12-5)11-8(3)6-9(4)13-11/h6-7,10,12H,1-5H3. The first kappa shape index (κ1) is 10.7. The first-order valence-corrected chi connectivity index (χ1v) is 5.62. The lowest BCUT2D eigenvalue weighted by Crippen LogP contribution is -2.21. The van der Waals surface area contributed by atoms with Gasteiger partial charge in [-0.3, -0.25) is 0 Å². The third-order valence-electron chi connectivity index (χ3n) is 2.34. The predicted octanol–water partition coefficient (Wildman–Crippen LogP) is 3.28. The van der Waals surface area contributed by atoms with Crippen LogP contribution in [0, 0.1) is 19.8 Å². The molecular formula is C11H19NS. The maximum Gasteiger partial charge on any atom is 0.0438 e. The molecule has 13 heavy (non-hydrogen) atoms. The maximum absolute atomic E-state index is 3.38. The fraction of sp³-hybridized carbons (Fsp3) is 0.636. The van der Waals surface area contributed by atoms with E-state index >= 15 is 0 Å². The summed E-state index contributed by atoms with van der Waals surface area (Å²) in [4.78, 5) is 2.91. The Morgan fingerprint density at radius 3 is 2.23 bits per heavy atom. The van der Waals surface area contributed by atoms with Gasteiger partial charge >= 0.3 is 0 Å². The Labute approximate surface area is 85.2 Å². The number of thiophene rings is 1. The molecule has 0 aliphatic heterocycles. The second-order valence-electron chi connectivity index (χ2n) is 3.91. The van der Waals surface area contributed by atoms with Crippen molar-refractivity contribution in [3.05, 3.63) is 21.4 Å². The Morgan fingerprint density at radius 1 is 1.31 bits per heavy atom. The van der Waals surface area contributed by atoms with Crippen LogP contribution >= 0.6 is 11.3 Å². The second kappa shape index (κ2) is 4.25. The quantitative estimate of drug-likeness (QED) is 0.784. The monoisotopic (exact) mass is 197 g/mol. The maximum atomic E-state index is 3.38. The van der Waals surface area contributed by atoms with E-state index in [9.17, 15) is 0 Å². The van der Waals surface area contributed by atoms with Gasteiger partial charge in [0, 0.05) is 15.8 Å². The summed E-state index contributed by atoms with van der Waals surface area (Å²) in [7, 11) is 2.04. The van der Waals surface area contributed by atoms with Crippen LogP contribution < -0.4 is 5.32 Å². The zero-order valence-corrected chi connectivity index (χ0v) is 9.96. The number of aryl methyl sites for hydroxylation is 2. The molecule has 0 aromatic carbocycles. The van der Waals surface area contributed by atoms with Crippen LogP contribution in [0.3, 0.4) is 0 Å². The minimum absolute atomic E-state index is 0.513. The van der Waals surface area contributed by atoms with Gasteiger partial charge in [0.05, 0.1) is 0 Å². The lowest BCUT2D eigenvalue weighted by Gasteiger charge is -2.19. The Kier molecular flexibility index (Phi) is 3.51. The zero-order chi connectivity index (χ0) is 10.0. The first-order chi connectivity index (χ1) is 6.06. The van der Waals surface area contributed by atoms with Crippen LogP contribution in [0.5, 0.6) is 0 Å². The molecule has 0 amide bonds. The predicted molar refractivity (Wildman–Crippen MR) is 60.4 cm³/mol. The lowest BCUT2D eigenvalue weighted by molar-refractivity contribution is 0.448. The van der Waals surface area contributed by atoms with Gasteiger partial charge in [-0.1, -0.05) is 13.8 Å². The molecule has 1 atom stereocenters. The van der Waals surface area contributed by atoms with Crippen LogP contribution in [0.15, 0.2) is 6.07 Å². The number of hydrogen-bond donors (Lipinski definition) is 1. The summed E-state index contributed by atoms with van der Waals surface area (Å²) in [5, 5.41) is 3.38. The molecule has 1 rings (SSSR count). The van der Waals surface area contributed by atoms with Crippen LogP contribution in [-0.2, 0) is 0 Å². The number of hydrogen-bond acceptors (Lipinski definition) is 2. The van der Waals surface area contributed by atoms with Crippen molar-refractivity contribution in [3.63, 3.8) is 0 Å². The summed E-state index contributed by atoms with van der Waals surface area (Å²) in [5.74, 6) is 0.654. The summed E-state index contributed by atoms with van der Waals surface area (Å²) in [6.45, 7) is 8.89. The van der Waals surface area contributed by atoms with E-state index in [1.54, 1.807) is 0 Å². The van der Waals surface area contributed by atoms with E-state index in [4.69, 9.17) is 0 Å². The van der Waals surface area contributed by atoms with Crippen LogP contribution in [0.25, 0.3) is 0 Å². The number of rotatable bonds is 3. The normalized spacial score (nSPS) is 13.7. The van der Waals surface area contributed by atoms with Gasteiger partial charge in [0.1, 0.15) is 0 Å².